The van der Waals surface area contributed by atoms with E-state index in [1.807, 2.05) is 42.5 Å². The summed E-state index contributed by atoms with van der Waals surface area (Å²) in [6, 6.07) is 11.0. The number of carbonyl (C=O) groups excluding carboxylic acids is 1. The Morgan fingerprint density at radius 1 is 1.23 bits per heavy atom. The van der Waals surface area contributed by atoms with Crippen LogP contribution in [0, 0.1) is 5.92 Å². The topological polar surface area (TPSA) is 101 Å². The highest BCUT2D eigenvalue weighted by atomic mass is 16.5. The molecule has 0 aliphatic heterocycles. The van der Waals surface area contributed by atoms with E-state index in [1.165, 1.54) is 23.4 Å². The molecule has 1 aromatic carbocycles. The lowest BCUT2D eigenvalue weighted by atomic mass is 10.0. The molecule has 1 unspecified atom stereocenters. The second-order valence-electron chi connectivity index (χ2n) is 7.90. The van der Waals surface area contributed by atoms with Crippen LogP contribution < -0.4 is 10.9 Å². The van der Waals surface area contributed by atoms with Gasteiger partial charge >= 0.3 is 0 Å². The van der Waals surface area contributed by atoms with Gasteiger partial charge in [-0.1, -0.05) is 48.6 Å². The van der Waals surface area contributed by atoms with Gasteiger partial charge in [-0.05, 0) is 25.2 Å². The lowest BCUT2D eigenvalue weighted by Crippen LogP contribution is -2.33. The van der Waals surface area contributed by atoms with Gasteiger partial charge in [-0.3, -0.25) is 14.7 Å². The molecule has 0 bridgehead atoms. The molecule has 158 valence electrons. The fourth-order valence-corrected chi connectivity index (χ4v) is 3.56. The second-order valence-corrected chi connectivity index (χ2v) is 7.90. The molecule has 8 heteroatoms. The van der Waals surface area contributed by atoms with Crippen molar-refractivity contribution in [3.05, 3.63) is 76.2 Å². The number of allylic oxidation sites excluding steroid dienone is 2. The van der Waals surface area contributed by atoms with Gasteiger partial charge in [0.15, 0.2) is 5.82 Å². The van der Waals surface area contributed by atoms with Crippen molar-refractivity contribution in [1.82, 2.24) is 24.9 Å². The van der Waals surface area contributed by atoms with Crippen LogP contribution in [0.4, 0.5) is 0 Å². The summed E-state index contributed by atoms with van der Waals surface area (Å²) in [7, 11) is 0. The number of aromatic nitrogens is 4. The van der Waals surface area contributed by atoms with E-state index in [-0.39, 0.29) is 30.0 Å². The number of hydrogen-bond acceptors (Lipinski definition) is 5. The molecule has 2 aliphatic carbocycles. The van der Waals surface area contributed by atoms with Crippen molar-refractivity contribution in [2.45, 2.75) is 32.0 Å². The number of nitrogens with one attached hydrogen (secondary N) is 2. The maximum absolute atomic E-state index is 12.5. The minimum absolute atomic E-state index is 0.0930. The lowest BCUT2D eigenvalue weighted by Gasteiger charge is -2.21. The number of ether oxygens (including phenoxy) is 1. The van der Waals surface area contributed by atoms with Crippen molar-refractivity contribution in [2.24, 2.45) is 5.92 Å². The molecule has 2 aliphatic rings. The summed E-state index contributed by atoms with van der Waals surface area (Å²) in [5, 5.41) is 5.97. The summed E-state index contributed by atoms with van der Waals surface area (Å²) < 4.78 is 7.30. The van der Waals surface area contributed by atoms with E-state index in [0.29, 0.717) is 36.0 Å². The summed E-state index contributed by atoms with van der Waals surface area (Å²) in [5.41, 5.74) is 1.68. The highest BCUT2D eigenvalue weighted by Gasteiger charge is 2.26. The molecule has 3 aromatic rings. The van der Waals surface area contributed by atoms with Crippen molar-refractivity contribution in [1.29, 1.82) is 0 Å². The van der Waals surface area contributed by atoms with Gasteiger partial charge in [0.2, 0.25) is 5.91 Å². The van der Waals surface area contributed by atoms with Crippen molar-refractivity contribution >= 4 is 11.7 Å². The Bertz CT molecular complexity index is 1220. The van der Waals surface area contributed by atoms with Crippen LogP contribution in [-0.4, -0.2) is 38.1 Å². The average molecular weight is 417 g/mol. The number of amides is 1. The Morgan fingerprint density at radius 2 is 2.06 bits per heavy atom. The van der Waals surface area contributed by atoms with Crippen LogP contribution in [0.25, 0.3) is 17.2 Å². The van der Waals surface area contributed by atoms with Gasteiger partial charge in [-0.25, -0.2) is 4.98 Å². The zero-order chi connectivity index (χ0) is 21.2. The zero-order valence-electron chi connectivity index (χ0n) is 17.0. The first-order valence-electron chi connectivity index (χ1n) is 10.5. The molecule has 1 fully saturated rings. The number of aromatic amines is 1. The third-order valence-electron chi connectivity index (χ3n) is 5.48. The third kappa shape index (κ3) is 4.34. The first kappa shape index (κ1) is 19.4. The molecule has 5 rings (SSSR count). The highest BCUT2D eigenvalue weighted by Crippen LogP contribution is 2.28. The molecule has 1 amide bonds. The summed E-state index contributed by atoms with van der Waals surface area (Å²) in [4.78, 5) is 34.0. The Kier molecular flexibility index (Phi) is 5.21. The monoisotopic (exact) mass is 417 g/mol. The molecule has 0 radical (unpaired) electrons. The van der Waals surface area contributed by atoms with Crippen LogP contribution >= 0.6 is 0 Å². The predicted molar refractivity (Wildman–Crippen MR) is 115 cm³/mol. The molecule has 1 atom stereocenters. The number of benzene rings is 1. The van der Waals surface area contributed by atoms with Gasteiger partial charge in [-0.15, -0.1) is 0 Å². The van der Waals surface area contributed by atoms with E-state index < -0.39 is 0 Å². The van der Waals surface area contributed by atoms with Gasteiger partial charge < -0.3 is 10.1 Å². The Balaban J connectivity index is 1.30. The first-order chi connectivity index (χ1) is 15.2. The van der Waals surface area contributed by atoms with Crippen molar-refractivity contribution < 1.29 is 9.53 Å². The van der Waals surface area contributed by atoms with Crippen LogP contribution in [0.2, 0.25) is 0 Å². The minimum atomic E-state index is -0.372. The van der Waals surface area contributed by atoms with Crippen molar-refractivity contribution in [3.8, 4) is 11.4 Å². The predicted octanol–water partition coefficient (Wildman–Crippen LogP) is 2.38. The highest BCUT2D eigenvalue weighted by molar-refractivity contribution is 5.95. The van der Waals surface area contributed by atoms with E-state index in [4.69, 9.17) is 4.74 Å². The van der Waals surface area contributed by atoms with Crippen molar-refractivity contribution in [2.75, 3.05) is 6.54 Å². The fraction of sp³-hybridized carbons (Fsp3) is 0.304. The van der Waals surface area contributed by atoms with Gasteiger partial charge in [0.05, 0.1) is 18.4 Å². The maximum atomic E-state index is 12.5. The summed E-state index contributed by atoms with van der Waals surface area (Å²) in [6.45, 7) is 0.829. The number of nitrogens with zero attached hydrogens (tertiary/aromatic N) is 3. The number of rotatable bonds is 7. The van der Waals surface area contributed by atoms with Gasteiger partial charge in [0.1, 0.15) is 0 Å². The molecule has 2 heterocycles. The van der Waals surface area contributed by atoms with Crippen LogP contribution in [0.3, 0.4) is 0 Å². The molecule has 0 saturated heterocycles. The molecular weight excluding hydrogens is 394 g/mol. The summed E-state index contributed by atoms with van der Waals surface area (Å²) >= 11 is 0. The van der Waals surface area contributed by atoms with E-state index in [1.54, 1.807) is 6.08 Å². The molecule has 8 nitrogen and oxygen atoms in total. The van der Waals surface area contributed by atoms with E-state index in [9.17, 15) is 9.59 Å². The number of hydrogen-bond donors (Lipinski definition) is 2. The van der Waals surface area contributed by atoms with Crippen LogP contribution in [0.15, 0.2) is 65.0 Å². The molecule has 2 aromatic heterocycles. The number of fused-ring (bicyclic) bond motifs is 1. The Hall–Kier alpha value is -3.52. The van der Waals surface area contributed by atoms with Gasteiger partial charge in [-0.2, -0.15) is 9.50 Å². The largest absolute Gasteiger partial charge is 0.367 e. The average Bonchev–Trinajstić information content (AvgIpc) is 3.53. The number of carbonyl (C=O) groups is 1. The van der Waals surface area contributed by atoms with Crippen LogP contribution in [0.1, 0.15) is 25.0 Å². The zero-order valence-corrected chi connectivity index (χ0v) is 17.0. The maximum Gasteiger partial charge on any atom is 0.274 e. The van der Waals surface area contributed by atoms with Gasteiger partial charge in [0, 0.05) is 23.7 Å². The smallest absolute Gasteiger partial charge is 0.274 e. The van der Waals surface area contributed by atoms with E-state index >= 15 is 0 Å². The second kappa shape index (κ2) is 8.31. The molecule has 0 spiro atoms. The first-order valence-corrected chi connectivity index (χ1v) is 10.5. The molecule has 1 saturated carbocycles. The lowest BCUT2D eigenvalue weighted by molar-refractivity contribution is -0.119. The van der Waals surface area contributed by atoms with Crippen LogP contribution in [0.5, 0.6) is 0 Å². The molecule has 31 heavy (non-hydrogen) atoms. The van der Waals surface area contributed by atoms with E-state index in [0.717, 1.165) is 5.56 Å². The normalized spacial score (nSPS) is 18.2. The van der Waals surface area contributed by atoms with Gasteiger partial charge in [0.25, 0.3) is 11.3 Å². The molecule has 2 N–H and O–H groups in total. The summed E-state index contributed by atoms with van der Waals surface area (Å²) in [5.74, 6) is 1.37. The third-order valence-corrected chi connectivity index (χ3v) is 5.48. The Labute approximate surface area is 178 Å². The van der Waals surface area contributed by atoms with E-state index in [2.05, 4.69) is 20.4 Å². The molecular formula is C23H23N5O3. The number of H-pyrrole nitrogens is 1. The standard InChI is InChI=1S/C23H23N5O3/c29-20-12-17(25-23-26-21(27-28(20)23)16-6-2-1-3-7-16)14-31-19-9-5-4-8-18(19)22(30)24-13-15-10-11-15/h1-8,12,15,19H,9-11,13-14H2,(H,24,30)(H,25,26,27). The quantitative estimate of drug-likeness (QED) is 0.615. The van der Waals surface area contributed by atoms with Crippen molar-refractivity contribution in [3.63, 3.8) is 0 Å². The summed E-state index contributed by atoms with van der Waals surface area (Å²) in [6.07, 6.45) is 8.23. The minimum Gasteiger partial charge on any atom is -0.367 e. The van der Waals surface area contributed by atoms with Crippen LogP contribution in [-0.2, 0) is 16.1 Å². The fourth-order valence-electron chi connectivity index (χ4n) is 3.56. The Morgan fingerprint density at radius 3 is 2.87 bits per heavy atom. The SMILES string of the molecule is O=C(NCC1CC1)C1=CC=CCC1OCc1cc(=O)n2[nH]c(-c3ccccc3)nc2n1.